The molecular formula is C15H15NO3S. The fourth-order valence-electron chi connectivity index (χ4n) is 2.19. The van der Waals surface area contributed by atoms with Gasteiger partial charge >= 0.3 is 0 Å². The highest BCUT2D eigenvalue weighted by molar-refractivity contribution is 7.12. The maximum absolute atomic E-state index is 12.5. The Morgan fingerprint density at radius 3 is 3.05 bits per heavy atom. The van der Waals surface area contributed by atoms with E-state index in [9.17, 15) is 4.79 Å². The molecule has 1 aliphatic rings. The van der Waals surface area contributed by atoms with Crippen LogP contribution in [-0.4, -0.2) is 31.1 Å². The van der Waals surface area contributed by atoms with Gasteiger partial charge in [0.25, 0.3) is 5.91 Å². The van der Waals surface area contributed by atoms with E-state index in [1.54, 1.807) is 13.2 Å². The van der Waals surface area contributed by atoms with E-state index in [1.165, 1.54) is 11.3 Å². The number of nitrogens with zero attached hydrogens (tertiary/aromatic N) is 1. The lowest BCUT2D eigenvalue weighted by molar-refractivity contribution is 0.0738. The number of thiophene rings is 1. The van der Waals surface area contributed by atoms with E-state index in [4.69, 9.17) is 9.47 Å². The van der Waals surface area contributed by atoms with Crippen molar-refractivity contribution in [2.75, 3.05) is 20.3 Å². The highest BCUT2D eigenvalue weighted by Gasteiger charge is 2.22. The molecule has 0 aliphatic carbocycles. The van der Waals surface area contributed by atoms with Crippen LogP contribution in [0.25, 0.3) is 0 Å². The Morgan fingerprint density at radius 2 is 2.25 bits per heavy atom. The van der Waals surface area contributed by atoms with Gasteiger partial charge in [-0.15, -0.1) is 11.3 Å². The predicted octanol–water partition coefficient (Wildman–Crippen LogP) is 2.79. The minimum Gasteiger partial charge on any atom is -0.496 e. The Labute approximate surface area is 121 Å². The van der Waals surface area contributed by atoms with Gasteiger partial charge in [-0.25, -0.2) is 0 Å². The number of benzene rings is 1. The molecule has 104 valence electrons. The fraction of sp³-hybridized carbons (Fsp3) is 0.267. The zero-order valence-corrected chi connectivity index (χ0v) is 12.0. The number of carbonyl (C=O) groups excluding carboxylic acids is 1. The van der Waals surface area contributed by atoms with E-state index < -0.39 is 0 Å². The first-order valence-corrected chi connectivity index (χ1v) is 7.28. The second-order valence-electron chi connectivity index (χ2n) is 4.53. The summed E-state index contributed by atoms with van der Waals surface area (Å²) in [6, 6.07) is 9.63. The maximum atomic E-state index is 12.5. The van der Waals surface area contributed by atoms with Crippen LogP contribution < -0.4 is 9.47 Å². The molecule has 0 fully saturated rings. The molecule has 0 atom stereocenters. The van der Waals surface area contributed by atoms with Crippen LogP contribution in [0.2, 0.25) is 0 Å². The van der Waals surface area contributed by atoms with Gasteiger partial charge in [0.15, 0.2) is 0 Å². The Morgan fingerprint density at radius 1 is 1.40 bits per heavy atom. The number of methoxy groups -OCH3 is 1. The third-order valence-electron chi connectivity index (χ3n) is 3.26. The van der Waals surface area contributed by atoms with E-state index >= 15 is 0 Å². The van der Waals surface area contributed by atoms with E-state index in [0.29, 0.717) is 24.6 Å². The second kappa shape index (κ2) is 5.54. The van der Waals surface area contributed by atoms with Crippen LogP contribution >= 0.6 is 11.3 Å². The highest BCUT2D eigenvalue weighted by Crippen LogP contribution is 2.26. The van der Waals surface area contributed by atoms with Crippen LogP contribution in [0.3, 0.4) is 0 Å². The van der Waals surface area contributed by atoms with E-state index in [-0.39, 0.29) is 5.91 Å². The number of carbonyl (C=O) groups is 1. The summed E-state index contributed by atoms with van der Waals surface area (Å²) in [4.78, 5) is 15.0. The first-order chi connectivity index (χ1) is 9.78. The van der Waals surface area contributed by atoms with Crippen molar-refractivity contribution in [2.45, 2.75) is 6.54 Å². The van der Waals surface area contributed by atoms with Crippen LogP contribution in [0.15, 0.2) is 35.7 Å². The smallest absolute Gasteiger partial charge is 0.264 e. The molecule has 0 spiro atoms. The monoisotopic (exact) mass is 289 g/mol. The number of hydrogen-bond acceptors (Lipinski definition) is 4. The van der Waals surface area contributed by atoms with E-state index in [1.807, 2.05) is 34.5 Å². The predicted molar refractivity (Wildman–Crippen MR) is 77.5 cm³/mol. The van der Waals surface area contributed by atoms with Crippen LogP contribution in [-0.2, 0) is 6.54 Å². The average molecular weight is 289 g/mol. The van der Waals surface area contributed by atoms with Crippen LogP contribution in [0.5, 0.6) is 11.5 Å². The van der Waals surface area contributed by atoms with Gasteiger partial charge in [-0.1, -0.05) is 18.2 Å². The molecule has 0 bridgehead atoms. The number of hydrogen-bond donors (Lipinski definition) is 0. The van der Waals surface area contributed by atoms with Gasteiger partial charge in [-0.3, -0.25) is 4.79 Å². The van der Waals surface area contributed by atoms with Crippen LogP contribution in [0.1, 0.15) is 15.2 Å². The molecule has 0 saturated carbocycles. The van der Waals surface area contributed by atoms with Gasteiger partial charge in [0.2, 0.25) is 0 Å². The van der Waals surface area contributed by atoms with Crippen molar-refractivity contribution in [3.8, 4) is 11.5 Å². The van der Waals surface area contributed by atoms with Gasteiger partial charge in [-0.2, -0.15) is 0 Å². The quantitative estimate of drug-likeness (QED) is 0.853. The molecule has 0 unspecified atom stereocenters. The molecule has 2 heterocycles. The Kier molecular flexibility index (Phi) is 3.60. The number of para-hydroxylation sites is 1. The summed E-state index contributed by atoms with van der Waals surface area (Å²) >= 11 is 1.41. The fourth-order valence-corrected chi connectivity index (χ4v) is 3.01. The second-order valence-corrected chi connectivity index (χ2v) is 5.44. The van der Waals surface area contributed by atoms with Gasteiger partial charge in [0.05, 0.1) is 18.5 Å². The lowest BCUT2D eigenvalue weighted by Crippen LogP contribution is -2.31. The molecule has 0 radical (unpaired) electrons. The highest BCUT2D eigenvalue weighted by atomic mass is 32.1. The Hall–Kier alpha value is -2.01. The van der Waals surface area contributed by atoms with E-state index in [2.05, 4.69) is 0 Å². The Balaban J connectivity index is 1.82. The Bertz CT molecular complexity index is 623. The lowest BCUT2D eigenvalue weighted by atomic mass is 10.2. The first-order valence-electron chi connectivity index (χ1n) is 6.40. The van der Waals surface area contributed by atoms with Crippen molar-refractivity contribution >= 4 is 17.2 Å². The molecule has 2 aromatic rings. The first kappa shape index (κ1) is 13.0. The summed E-state index contributed by atoms with van der Waals surface area (Å²) in [5.74, 6) is 1.62. The molecule has 5 heteroatoms. The van der Waals surface area contributed by atoms with Crippen molar-refractivity contribution in [2.24, 2.45) is 0 Å². The summed E-state index contributed by atoms with van der Waals surface area (Å²) in [5, 5.41) is 1.84. The molecule has 0 saturated heterocycles. The third-order valence-corrected chi connectivity index (χ3v) is 4.16. The van der Waals surface area contributed by atoms with Gasteiger partial charge in [-0.05, 0) is 6.07 Å². The summed E-state index contributed by atoms with van der Waals surface area (Å²) in [7, 11) is 1.60. The molecule has 0 N–H and O–H groups in total. The molecule has 1 aromatic carbocycles. The molecular weight excluding hydrogens is 274 g/mol. The van der Waals surface area contributed by atoms with Crippen LogP contribution in [0, 0.1) is 0 Å². The van der Waals surface area contributed by atoms with Crippen molar-refractivity contribution in [3.63, 3.8) is 0 Å². The minimum absolute atomic E-state index is 0.0265. The maximum Gasteiger partial charge on any atom is 0.264 e. The van der Waals surface area contributed by atoms with Gasteiger partial charge in [0.1, 0.15) is 18.1 Å². The third kappa shape index (κ3) is 2.49. The zero-order valence-electron chi connectivity index (χ0n) is 11.2. The van der Waals surface area contributed by atoms with Crippen molar-refractivity contribution in [1.29, 1.82) is 0 Å². The van der Waals surface area contributed by atoms with Gasteiger partial charge in [0, 0.05) is 23.6 Å². The van der Waals surface area contributed by atoms with Crippen LogP contribution in [0.4, 0.5) is 0 Å². The number of ether oxygens (including phenoxy) is 2. The molecule has 1 aromatic heterocycles. The van der Waals surface area contributed by atoms with Crippen molar-refractivity contribution in [1.82, 2.24) is 4.90 Å². The van der Waals surface area contributed by atoms with E-state index in [0.717, 1.165) is 17.1 Å². The normalized spacial score (nSPS) is 14.2. The summed E-state index contributed by atoms with van der Waals surface area (Å²) < 4.78 is 10.8. The van der Waals surface area contributed by atoms with Crippen molar-refractivity contribution < 1.29 is 14.3 Å². The van der Waals surface area contributed by atoms with Gasteiger partial charge < -0.3 is 14.4 Å². The standard InChI is InChI=1S/C15H15NO3S/c1-18-12-8-14(20-10-12)15(17)16-6-7-19-13-5-3-2-4-11(13)9-16/h2-5,8,10H,6-7,9H2,1H3. The summed E-state index contributed by atoms with van der Waals surface area (Å²) in [5.41, 5.74) is 1.04. The largest absolute Gasteiger partial charge is 0.496 e. The minimum atomic E-state index is 0.0265. The van der Waals surface area contributed by atoms with Crippen molar-refractivity contribution in [3.05, 3.63) is 46.2 Å². The number of fused-ring (bicyclic) bond motifs is 1. The summed E-state index contributed by atoms with van der Waals surface area (Å²) in [6.07, 6.45) is 0. The molecule has 1 aliphatic heterocycles. The molecule has 3 rings (SSSR count). The average Bonchev–Trinajstić information content (AvgIpc) is 2.85. The lowest BCUT2D eigenvalue weighted by Gasteiger charge is -2.18. The number of amides is 1. The molecule has 20 heavy (non-hydrogen) atoms. The zero-order chi connectivity index (χ0) is 13.9. The SMILES string of the molecule is COc1csc(C(=O)N2CCOc3ccccc3C2)c1. The number of rotatable bonds is 2. The molecule has 1 amide bonds. The summed E-state index contributed by atoms with van der Waals surface area (Å²) in [6.45, 7) is 1.69. The topological polar surface area (TPSA) is 38.8 Å². The molecule has 4 nitrogen and oxygen atoms in total.